The molecule has 168 valence electrons. The van der Waals surface area contributed by atoms with Crippen LogP contribution in [0.1, 0.15) is 61.3 Å². The zero-order chi connectivity index (χ0) is 23.3. The number of pyridine rings is 1. The van der Waals surface area contributed by atoms with E-state index >= 15 is 0 Å². The van der Waals surface area contributed by atoms with Crippen LogP contribution in [-0.2, 0) is 4.79 Å². The Bertz CT molecular complexity index is 1380. The first kappa shape index (κ1) is 21.9. The van der Waals surface area contributed by atoms with Crippen LogP contribution in [0.3, 0.4) is 0 Å². The lowest BCUT2D eigenvalue weighted by Crippen LogP contribution is -2.11. The Morgan fingerprint density at radius 1 is 1.15 bits per heavy atom. The van der Waals surface area contributed by atoms with E-state index in [1.54, 1.807) is 17.8 Å². The summed E-state index contributed by atoms with van der Waals surface area (Å²) in [6, 6.07) is 13.0. The summed E-state index contributed by atoms with van der Waals surface area (Å²) in [5.41, 5.74) is 5.49. The first-order valence-corrected chi connectivity index (χ1v) is 11.6. The molecule has 1 unspecified atom stereocenters. The van der Waals surface area contributed by atoms with E-state index in [1.165, 1.54) is 0 Å². The van der Waals surface area contributed by atoms with Crippen LogP contribution in [0, 0.1) is 0 Å². The smallest absolute Gasteiger partial charge is 0.310 e. The summed E-state index contributed by atoms with van der Waals surface area (Å²) in [6.45, 7) is 3.67. The molecule has 1 aliphatic rings. The summed E-state index contributed by atoms with van der Waals surface area (Å²) < 4.78 is 1.80. The molecule has 2 atom stereocenters. The van der Waals surface area contributed by atoms with Gasteiger partial charge in [-0.1, -0.05) is 58.7 Å². The van der Waals surface area contributed by atoms with Gasteiger partial charge in [0.05, 0.1) is 34.4 Å². The first-order valence-electron chi connectivity index (χ1n) is 10.9. The molecule has 0 aliphatic heterocycles. The Morgan fingerprint density at radius 3 is 2.64 bits per heavy atom. The number of carboxylic acid groups (broad SMARTS) is 1. The van der Waals surface area contributed by atoms with E-state index in [0.29, 0.717) is 32.7 Å². The summed E-state index contributed by atoms with van der Waals surface area (Å²) in [4.78, 5) is 16.2. The Morgan fingerprint density at radius 2 is 1.91 bits per heavy atom. The first-order chi connectivity index (χ1) is 15.9. The van der Waals surface area contributed by atoms with Gasteiger partial charge in [0, 0.05) is 16.1 Å². The molecule has 0 spiro atoms. The minimum atomic E-state index is -0.885. The summed E-state index contributed by atoms with van der Waals surface area (Å²) in [5, 5.41) is 19.5. The maximum Gasteiger partial charge on any atom is 0.310 e. The minimum Gasteiger partial charge on any atom is -0.481 e. The van der Waals surface area contributed by atoms with Crippen LogP contribution in [0.2, 0.25) is 10.0 Å². The van der Waals surface area contributed by atoms with Crippen LogP contribution in [-0.4, -0.2) is 31.1 Å². The van der Waals surface area contributed by atoms with E-state index in [2.05, 4.69) is 15.3 Å². The molecule has 0 saturated heterocycles. The fourth-order valence-electron chi connectivity index (χ4n) is 4.32. The van der Waals surface area contributed by atoms with Gasteiger partial charge in [0.15, 0.2) is 0 Å². The summed E-state index contributed by atoms with van der Waals surface area (Å²) in [5.74, 6) is -1.05. The Balaban J connectivity index is 1.62. The van der Waals surface area contributed by atoms with Crippen molar-refractivity contribution in [2.24, 2.45) is 0 Å². The molecule has 2 heterocycles. The maximum absolute atomic E-state index is 11.6. The van der Waals surface area contributed by atoms with Crippen LogP contribution in [0.4, 0.5) is 0 Å². The average molecular weight is 481 g/mol. The molecule has 6 nitrogen and oxygen atoms in total. The molecule has 33 heavy (non-hydrogen) atoms. The van der Waals surface area contributed by atoms with E-state index in [1.807, 2.05) is 49.4 Å². The number of rotatable bonds is 6. The third kappa shape index (κ3) is 3.87. The van der Waals surface area contributed by atoms with Gasteiger partial charge in [-0.05, 0) is 55.9 Å². The van der Waals surface area contributed by atoms with E-state index in [4.69, 9.17) is 23.2 Å². The van der Waals surface area contributed by atoms with Crippen molar-refractivity contribution in [2.75, 3.05) is 0 Å². The van der Waals surface area contributed by atoms with Crippen molar-refractivity contribution in [3.05, 3.63) is 75.4 Å². The highest BCUT2D eigenvalue weighted by molar-refractivity contribution is 6.36. The molecule has 0 radical (unpaired) electrons. The number of aliphatic carboxylic acids is 1. The third-order valence-corrected chi connectivity index (χ3v) is 7.14. The van der Waals surface area contributed by atoms with Crippen molar-refractivity contribution in [3.8, 4) is 11.3 Å². The van der Waals surface area contributed by atoms with Crippen LogP contribution in [0.25, 0.3) is 22.3 Å². The lowest BCUT2D eigenvalue weighted by molar-refractivity contribution is -0.138. The van der Waals surface area contributed by atoms with Gasteiger partial charge in [-0.15, -0.1) is 5.10 Å². The predicted molar refractivity (Wildman–Crippen MR) is 129 cm³/mol. The van der Waals surface area contributed by atoms with Gasteiger partial charge >= 0.3 is 5.97 Å². The SMILES string of the molecule is CC(C(=O)O)c1ccccc1-c1cc2c(cn1)nnn2[C@H](C)c1c(Cl)ccc(C2CC2)c1Cl. The molecule has 1 N–H and O–H groups in total. The van der Waals surface area contributed by atoms with Gasteiger partial charge in [0.2, 0.25) is 0 Å². The quantitative estimate of drug-likeness (QED) is 0.341. The second kappa shape index (κ2) is 8.43. The van der Waals surface area contributed by atoms with Gasteiger partial charge in [-0.25, -0.2) is 4.68 Å². The largest absolute Gasteiger partial charge is 0.481 e. The number of nitrogens with zero attached hydrogens (tertiary/aromatic N) is 4. The number of fused-ring (bicyclic) bond motifs is 1. The number of hydrogen-bond acceptors (Lipinski definition) is 4. The topological polar surface area (TPSA) is 80.9 Å². The Labute approximate surface area is 201 Å². The number of benzene rings is 2. The van der Waals surface area contributed by atoms with Crippen molar-refractivity contribution in [1.82, 2.24) is 20.0 Å². The number of carboxylic acids is 1. The normalized spacial score (nSPS) is 15.5. The lowest BCUT2D eigenvalue weighted by Gasteiger charge is -2.19. The monoisotopic (exact) mass is 480 g/mol. The second-order valence-electron chi connectivity index (χ2n) is 8.55. The summed E-state index contributed by atoms with van der Waals surface area (Å²) >= 11 is 13.4. The fourth-order valence-corrected chi connectivity index (χ4v) is 5.16. The van der Waals surface area contributed by atoms with Gasteiger partial charge in [0.25, 0.3) is 0 Å². The van der Waals surface area contributed by atoms with E-state index in [-0.39, 0.29) is 6.04 Å². The standard InChI is InChI=1S/C25H22Cl2N4O2/c1-13(25(32)33)16-5-3-4-6-18(16)20-11-22-21(12-28-20)29-30-31(22)14(2)23-19(26)10-9-17(24(23)27)15-7-8-15/h3-6,9-15H,7-8H2,1-2H3,(H,32,33)/t13?,14-/m1/s1. The van der Waals surface area contributed by atoms with E-state index < -0.39 is 11.9 Å². The van der Waals surface area contributed by atoms with E-state index in [0.717, 1.165) is 35.0 Å². The van der Waals surface area contributed by atoms with Crippen LogP contribution >= 0.6 is 23.2 Å². The predicted octanol–water partition coefficient (Wildman–Crippen LogP) is 6.47. The molecule has 0 bridgehead atoms. The molecule has 1 aliphatic carbocycles. The molecule has 2 aromatic heterocycles. The van der Waals surface area contributed by atoms with Crippen LogP contribution in [0.5, 0.6) is 0 Å². The molecule has 1 saturated carbocycles. The number of aromatic nitrogens is 4. The number of hydrogen-bond donors (Lipinski definition) is 1. The maximum atomic E-state index is 11.6. The summed E-state index contributed by atoms with van der Waals surface area (Å²) in [7, 11) is 0. The van der Waals surface area contributed by atoms with Gasteiger partial charge in [0.1, 0.15) is 5.52 Å². The molecule has 8 heteroatoms. The Hall–Kier alpha value is -2.96. The Kier molecular flexibility index (Phi) is 5.59. The molecule has 2 aromatic carbocycles. The van der Waals surface area contributed by atoms with Gasteiger partial charge in [-0.3, -0.25) is 9.78 Å². The number of halogens is 2. The number of carbonyl (C=O) groups is 1. The fraction of sp³-hybridized carbons (Fsp3) is 0.280. The van der Waals surface area contributed by atoms with Crippen molar-refractivity contribution in [2.45, 2.75) is 44.6 Å². The molecule has 1 fully saturated rings. The third-order valence-electron chi connectivity index (χ3n) is 6.39. The van der Waals surface area contributed by atoms with Gasteiger partial charge < -0.3 is 5.11 Å². The summed E-state index contributed by atoms with van der Waals surface area (Å²) in [6.07, 6.45) is 3.95. The van der Waals surface area contributed by atoms with Crippen LogP contribution < -0.4 is 0 Å². The lowest BCUT2D eigenvalue weighted by atomic mass is 9.94. The molecule has 0 amide bonds. The second-order valence-corrected chi connectivity index (χ2v) is 9.34. The van der Waals surface area contributed by atoms with Gasteiger partial charge in [-0.2, -0.15) is 0 Å². The highest BCUT2D eigenvalue weighted by atomic mass is 35.5. The van der Waals surface area contributed by atoms with Crippen LogP contribution in [0.15, 0.2) is 48.7 Å². The molecular weight excluding hydrogens is 459 g/mol. The highest BCUT2D eigenvalue weighted by Gasteiger charge is 2.29. The molecule has 5 rings (SSSR count). The van der Waals surface area contributed by atoms with Crippen molar-refractivity contribution in [1.29, 1.82) is 0 Å². The molecular formula is C25H22Cl2N4O2. The van der Waals surface area contributed by atoms with Crippen molar-refractivity contribution in [3.63, 3.8) is 0 Å². The average Bonchev–Trinajstić information content (AvgIpc) is 3.56. The zero-order valence-corrected chi connectivity index (χ0v) is 19.7. The van der Waals surface area contributed by atoms with Crippen molar-refractivity contribution < 1.29 is 9.90 Å². The molecule has 4 aromatic rings. The highest BCUT2D eigenvalue weighted by Crippen LogP contribution is 2.47. The minimum absolute atomic E-state index is 0.253. The van der Waals surface area contributed by atoms with E-state index in [9.17, 15) is 9.90 Å². The van der Waals surface area contributed by atoms with Crippen molar-refractivity contribution >= 4 is 40.2 Å². The zero-order valence-electron chi connectivity index (χ0n) is 18.2.